The molecule has 2 aromatic heterocycles. The minimum Gasteiger partial charge on any atom is -0.370 e. The lowest BCUT2D eigenvalue weighted by Gasteiger charge is -1.87. The number of thiazole rings is 1. The summed E-state index contributed by atoms with van der Waals surface area (Å²) in [5.74, 6) is 0.0110. The van der Waals surface area contributed by atoms with Gasteiger partial charge in [-0.1, -0.05) is 0 Å². The molecule has 0 aliphatic rings. The van der Waals surface area contributed by atoms with Gasteiger partial charge in [-0.2, -0.15) is 4.99 Å². The van der Waals surface area contributed by atoms with E-state index in [-0.39, 0.29) is 5.96 Å². The Morgan fingerprint density at radius 2 is 2.27 bits per heavy atom. The molecule has 0 aliphatic heterocycles. The van der Waals surface area contributed by atoms with E-state index in [1.165, 1.54) is 11.3 Å². The summed E-state index contributed by atoms with van der Waals surface area (Å²) < 4.78 is 1.86. The molecule has 0 saturated heterocycles. The average Bonchev–Trinajstić information content (AvgIpc) is 2.72. The Bertz CT molecular complexity index is 493. The van der Waals surface area contributed by atoms with Crippen molar-refractivity contribution in [3.8, 4) is 11.4 Å². The molecule has 2 heterocycles. The van der Waals surface area contributed by atoms with Crippen LogP contribution in [0.2, 0.25) is 0 Å². The maximum atomic E-state index is 5.25. The molecule has 0 aromatic carbocycles. The second-order valence-corrected chi connectivity index (χ2v) is 3.81. The van der Waals surface area contributed by atoms with E-state index < -0.39 is 0 Å². The van der Waals surface area contributed by atoms with Gasteiger partial charge in [-0.05, 0) is 0 Å². The van der Waals surface area contributed by atoms with Crippen LogP contribution in [0.15, 0.2) is 22.9 Å². The Labute approximate surface area is 90.3 Å². The lowest BCUT2D eigenvalue weighted by molar-refractivity contribution is 0.913. The summed E-state index contributed by atoms with van der Waals surface area (Å²) in [6.07, 6.45) is 3.60. The number of nitrogens with two attached hydrogens (primary N) is 2. The van der Waals surface area contributed by atoms with E-state index in [0.29, 0.717) is 5.13 Å². The van der Waals surface area contributed by atoms with E-state index in [1.54, 1.807) is 6.33 Å². The van der Waals surface area contributed by atoms with Crippen molar-refractivity contribution in [3.05, 3.63) is 17.9 Å². The van der Waals surface area contributed by atoms with Gasteiger partial charge in [0.2, 0.25) is 5.13 Å². The van der Waals surface area contributed by atoms with E-state index in [0.717, 1.165) is 11.4 Å². The van der Waals surface area contributed by atoms with Crippen LogP contribution in [0.3, 0.4) is 0 Å². The fraction of sp³-hybridized carbons (Fsp3) is 0.125. The third kappa shape index (κ3) is 2.13. The first-order valence-corrected chi connectivity index (χ1v) is 5.06. The minimum atomic E-state index is 0.0110. The fourth-order valence-electron chi connectivity index (χ4n) is 1.09. The zero-order valence-electron chi connectivity index (χ0n) is 8.08. The highest BCUT2D eigenvalue weighted by molar-refractivity contribution is 7.13. The van der Waals surface area contributed by atoms with Crippen LogP contribution in [0.5, 0.6) is 0 Å². The Balaban J connectivity index is 2.31. The van der Waals surface area contributed by atoms with Crippen molar-refractivity contribution in [2.24, 2.45) is 23.5 Å². The maximum absolute atomic E-state index is 5.25. The van der Waals surface area contributed by atoms with Gasteiger partial charge in [0.15, 0.2) is 5.96 Å². The molecule has 0 amide bonds. The zero-order valence-corrected chi connectivity index (χ0v) is 8.90. The molecule has 0 aliphatic carbocycles. The summed E-state index contributed by atoms with van der Waals surface area (Å²) in [4.78, 5) is 12.3. The average molecular weight is 222 g/mol. The Morgan fingerprint density at radius 1 is 1.47 bits per heavy atom. The van der Waals surface area contributed by atoms with E-state index in [4.69, 9.17) is 11.5 Å². The van der Waals surface area contributed by atoms with Gasteiger partial charge in [0, 0.05) is 18.6 Å². The minimum absolute atomic E-state index is 0.0110. The molecule has 6 nitrogen and oxygen atoms in total. The van der Waals surface area contributed by atoms with Crippen LogP contribution < -0.4 is 11.5 Å². The highest BCUT2D eigenvalue weighted by atomic mass is 32.1. The molecule has 2 aromatic rings. The topological polar surface area (TPSA) is 95.1 Å². The van der Waals surface area contributed by atoms with Crippen molar-refractivity contribution in [2.45, 2.75) is 0 Å². The zero-order chi connectivity index (χ0) is 10.8. The normalized spacial score (nSPS) is 10.2. The van der Waals surface area contributed by atoms with Crippen LogP contribution in [-0.2, 0) is 7.05 Å². The molecule has 15 heavy (non-hydrogen) atoms. The molecule has 0 radical (unpaired) electrons. The second kappa shape index (κ2) is 3.70. The van der Waals surface area contributed by atoms with E-state index in [1.807, 2.05) is 23.2 Å². The van der Waals surface area contributed by atoms with Gasteiger partial charge in [-0.25, -0.2) is 9.97 Å². The number of hydrogen-bond acceptors (Lipinski definition) is 4. The van der Waals surface area contributed by atoms with Crippen molar-refractivity contribution >= 4 is 22.4 Å². The summed E-state index contributed by atoms with van der Waals surface area (Å²) >= 11 is 1.37. The highest BCUT2D eigenvalue weighted by Crippen LogP contribution is 2.24. The van der Waals surface area contributed by atoms with Crippen molar-refractivity contribution < 1.29 is 0 Å². The first-order valence-electron chi connectivity index (χ1n) is 4.18. The van der Waals surface area contributed by atoms with Gasteiger partial charge in [-0.15, -0.1) is 11.3 Å². The molecule has 0 atom stereocenters. The number of aryl methyl sites for hydroxylation is 1. The van der Waals surface area contributed by atoms with Gasteiger partial charge >= 0.3 is 0 Å². The van der Waals surface area contributed by atoms with Gasteiger partial charge in [0.05, 0.1) is 6.33 Å². The predicted octanol–water partition coefficient (Wildman–Crippen LogP) is 0.448. The van der Waals surface area contributed by atoms with Crippen LogP contribution >= 0.6 is 11.3 Å². The summed E-state index contributed by atoms with van der Waals surface area (Å²) in [7, 11) is 1.90. The summed E-state index contributed by atoms with van der Waals surface area (Å²) in [5, 5.41) is 2.40. The van der Waals surface area contributed by atoms with Gasteiger partial charge in [-0.3, -0.25) is 0 Å². The monoisotopic (exact) mass is 222 g/mol. The summed E-state index contributed by atoms with van der Waals surface area (Å²) in [5.41, 5.74) is 12.1. The van der Waals surface area contributed by atoms with Crippen molar-refractivity contribution in [2.75, 3.05) is 0 Å². The van der Waals surface area contributed by atoms with Crippen LogP contribution in [0.25, 0.3) is 11.4 Å². The van der Waals surface area contributed by atoms with E-state index >= 15 is 0 Å². The van der Waals surface area contributed by atoms with Gasteiger partial charge in [0.1, 0.15) is 11.4 Å². The third-order valence-electron chi connectivity index (χ3n) is 1.68. The lowest BCUT2D eigenvalue weighted by Crippen LogP contribution is -2.21. The third-order valence-corrected chi connectivity index (χ3v) is 2.42. The number of aliphatic imine (C=N–C) groups is 1. The second-order valence-electron chi connectivity index (χ2n) is 2.98. The molecule has 4 N–H and O–H groups in total. The predicted molar refractivity (Wildman–Crippen MR) is 59.8 cm³/mol. The first-order chi connectivity index (χ1) is 7.15. The number of nitrogens with zero attached hydrogens (tertiary/aromatic N) is 4. The fourth-order valence-corrected chi connectivity index (χ4v) is 1.79. The van der Waals surface area contributed by atoms with Crippen LogP contribution in [-0.4, -0.2) is 20.5 Å². The Morgan fingerprint density at radius 3 is 2.87 bits per heavy atom. The van der Waals surface area contributed by atoms with Gasteiger partial charge < -0.3 is 16.0 Å². The maximum Gasteiger partial charge on any atom is 0.212 e. The molecule has 0 bridgehead atoms. The molecule has 78 valence electrons. The molecule has 7 heteroatoms. The molecule has 0 saturated carbocycles. The van der Waals surface area contributed by atoms with Gasteiger partial charge in [0.25, 0.3) is 0 Å². The van der Waals surface area contributed by atoms with Crippen molar-refractivity contribution in [1.82, 2.24) is 14.5 Å². The number of rotatable bonds is 2. The quantitative estimate of drug-likeness (QED) is 0.569. The molecular formula is C8H10N6S. The lowest BCUT2D eigenvalue weighted by atomic mass is 10.4. The highest BCUT2D eigenvalue weighted by Gasteiger charge is 2.06. The van der Waals surface area contributed by atoms with E-state index in [2.05, 4.69) is 15.0 Å². The molecule has 0 unspecified atom stereocenters. The number of hydrogen-bond donors (Lipinski definition) is 2. The van der Waals surface area contributed by atoms with Crippen LogP contribution in [0, 0.1) is 0 Å². The molecule has 0 fully saturated rings. The standard InChI is InChI=1S/C8H10N6S/c1-14-2-5(11-4-14)6-3-15-8(12-6)13-7(9)10/h2-4H,1H3,(H4,9,10,12,13). The SMILES string of the molecule is Cn1cnc(-c2csc(N=C(N)N)n2)c1. The largest absolute Gasteiger partial charge is 0.370 e. The van der Waals surface area contributed by atoms with Crippen LogP contribution in [0.4, 0.5) is 5.13 Å². The Hall–Kier alpha value is -1.89. The molecular weight excluding hydrogens is 212 g/mol. The van der Waals surface area contributed by atoms with Crippen molar-refractivity contribution in [3.63, 3.8) is 0 Å². The molecule has 2 rings (SSSR count). The van der Waals surface area contributed by atoms with Crippen molar-refractivity contribution in [1.29, 1.82) is 0 Å². The summed E-state index contributed by atoms with van der Waals surface area (Å²) in [6.45, 7) is 0. The summed E-state index contributed by atoms with van der Waals surface area (Å²) in [6, 6.07) is 0. The van der Waals surface area contributed by atoms with E-state index in [9.17, 15) is 0 Å². The number of imidazole rings is 1. The molecule has 0 spiro atoms. The smallest absolute Gasteiger partial charge is 0.212 e. The Kier molecular flexibility index (Phi) is 2.38. The number of aromatic nitrogens is 3. The first kappa shape index (κ1) is 9.66. The number of guanidine groups is 1. The van der Waals surface area contributed by atoms with Crippen LogP contribution in [0.1, 0.15) is 0 Å².